The van der Waals surface area contributed by atoms with E-state index in [2.05, 4.69) is 20.4 Å². The van der Waals surface area contributed by atoms with Crippen molar-refractivity contribution in [3.63, 3.8) is 0 Å². The molecule has 0 aromatic carbocycles. The molecule has 0 rings (SSSR count). The highest BCUT2D eigenvalue weighted by Crippen LogP contribution is 2.17. The first-order valence-corrected chi connectivity index (χ1v) is 3.87. The fourth-order valence-corrected chi connectivity index (χ4v) is 0.865. The maximum Gasteiger partial charge on any atom is 0.116 e. The molecule has 0 aliphatic carbocycles. The average molecular weight is 155 g/mol. The van der Waals surface area contributed by atoms with Gasteiger partial charge in [-0.3, -0.25) is 0 Å². The van der Waals surface area contributed by atoms with Crippen molar-refractivity contribution in [3.05, 3.63) is 24.1 Å². The summed E-state index contributed by atoms with van der Waals surface area (Å²) in [7, 11) is 0. The van der Waals surface area contributed by atoms with E-state index in [1.165, 1.54) is 0 Å². The maximum atomic E-state index is 5.40. The fourth-order valence-electron chi connectivity index (χ4n) is 0.865. The summed E-state index contributed by atoms with van der Waals surface area (Å²) in [6.07, 6.45) is 1.56. The third kappa shape index (κ3) is 3.12. The van der Waals surface area contributed by atoms with E-state index in [0.717, 1.165) is 5.57 Å². The summed E-state index contributed by atoms with van der Waals surface area (Å²) in [6.45, 7) is 10.5. The molecule has 0 bridgehead atoms. The summed E-state index contributed by atoms with van der Waals surface area (Å²) in [6, 6.07) is 0. The topological polar surface area (TPSA) is 35.2 Å². The van der Waals surface area contributed by atoms with Crippen LogP contribution in [0.5, 0.6) is 0 Å². The van der Waals surface area contributed by atoms with Crippen LogP contribution in [0.3, 0.4) is 0 Å². The molecule has 2 heteroatoms. The van der Waals surface area contributed by atoms with Gasteiger partial charge in [-0.1, -0.05) is 20.4 Å². The molecule has 0 heterocycles. The minimum Gasteiger partial charge on any atom is -0.494 e. The van der Waals surface area contributed by atoms with Crippen LogP contribution in [0.25, 0.3) is 0 Å². The molecule has 0 aromatic heterocycles. The molecule has 0 aromatic rings. The van der Waals surface area contributed by atoms with Crippen LogP contribution in [0, 0.1) is 5.92 Å². The Morgan fingerprint density at radius 2 is 2.18 bits per heavy atom. The molecule has 0 saturated carbocycles. The van der Waals surface area contributed by atoms with E-state index in [4.69, 9.17) is 10.5 Å². The van der Waals surface area contributed by atoms with Crippen LogP contribution in [0.2, 0.25) is 0 Å². The predicted octanol–water partition coefficient (Wildman–Crippen LogP) is 2.04. The number of hydrogen-bond donors (Lipinski definition) is 1. The molecule has 0 aliphatic rings. The van der Waals surface area contributed by atoms with Gasteiger partial charge in [-0.05, 0) is 12.8 Å². The van der Waals surface area contributed by atoms with Gasteiger partial charge in [0.2, 0.25) is 0 Å². The third-order valence-corrected chi connectivity index (χ3v) is 1.44. The summed E-state index contributed by atoms with van der Waals surface area (Å²) in [4.78, 5) is 0. The van der Waals surface area contributed by atoms with Gasteiger partial charge in [0.25, 0.3) is 0 Å². The minimum absolute atomic E-state index is 0.374. The summed E-state index contributed by atoms with van der Waals surface area (Å²) in [5.41, 5.74) is 6.38. The Balaban J connectivity index is 4.17. The molecule has 0 atom stereocenters. The van der Waals surface area contributed by atoms with Crippen molar-refractivity contribution in [2.45, 2.75) is 20.8 Å². The molecule has 0 unspecified atom stereocenters. The highest BCUT2D eigenvalue weighted by Gasteiger charge is 2.06. The molecule has 11 heavy (non-hydrogen) atoms. The predicted molar refractivity (Wildman–Crippen MR) is 47.9 cm³/mol. The van der Waals surface area contributed by atoms with E-state index < -0.39 is 0 Å². The van der Waals surface area contributed by atoms with Crippen LogP contribution < -0.4 is 5.73 Å². The molecular weight excluding hydrogens is 138 g/mol. The Morgan fingerprint density at radius 1 is 1.64 bits per heavy atom. The number of ether oxygens (including phenoxy) is 1. The van der Waals surface area contributed by atoms with Gasteiger partial charge in [-0.15, -0.1) is 0 Å². The van der Waals surface area contributed by atoms with E-state index in [9.17, 15) is 0 Å². The Bertz CT molecular complexity index is 159. The largest absolute Gasteiger partial charge is 0.494 e. The average Bonchev–Trinajstić information content (AvgIpc) is 1.88. The lowest BCUT2D eigenvalue weighted by Crippen LogP contribution is -2.03. The van der Waals surface area contributed by atoms with E-state index in [1.54, 1.807) is 6.20 Å². The van der Waals surface area contributed by atoms with Crippen molar-refractivity contribution < 1.29 is 4.74 Å². The van der Waals surface area contributed by atoms with Crippen molar-refractivity contribution >= 4 is 0 Å². The lowest BCUT2D eigenvalue weighted by molar-refractivity contribution is 0.234. The van der Waals surface area contributed by atoms with Crippen LogP contribution in [0.1, 0.15) is 20.8 Å². The van der Waals surface area contributed by atoms with Gasteiger partial charge in [-0.2, -0.15) is 0 Å². The van der Waals surface area contributed by atoms with E-state index in [0.29, 0.717) is 18.3 Å². The molecule has 0 aliphatic heterocycles. The van der Waals surface area contributed by atoms with Crippen LogP contribution in [0.4, 0.5) is 0 Å². The second-order valence-corrected chi connectivity index (χ2v) is 2.63. The summed E-state index contributed by atoms with van der Waals surface area (Å²) < 4.78 is 5.21. The van der Waals surface area contributed by atoms with Gasteiger partial charge in [0, 0.05) is 11.8 Å². The molecule has 0 amide bonds. The zero-order valence-electron chi connectivity index (χ0n) is 7.55. The minimum atomic E-state index is 0.374. The molecule has 0 radical (unpaired) electrons. The Hall–Kier alpha value is -0.920. The SMILES string of the molecule is C=C(OCC)/C(=C/N)C(C)C. The van der Waals surface area contributed by atoms with Gasteiger partial charge in [-0.25, -0.2) is 0 Å². The first-order chi connectivity index (χ1) is 5.13. The first kappa shape index (κ1) is 10.1. The number of nitrogens with two attached hydrogens (primary N) is 1. The van der Waals surface area contributed by atoms with Gasteiger partial charge < -0.3 is 10.5 Å². The van der Waals surface area contributed by atoms with Gasteiger partial charge >= 0.3 is 0 Å². The molecule has 0 saturated heterocycles. The Labute approximate surface area is 68.7 Å². The Kier molecular flexibility index (Phi) is 4.42. The fraction of sp³-hybridized carbons (Fsp3) is 0.556. The summed E-state index contributed by atoms with van der Waals surface area (Å²) in [5, 5.41) is 0. The van der Waals surface area contributed by atoms with Crippen molar-refractivity contribution in [2.24, 2.45) is 11.7 Å². The second kappa shape index (κ2) is 4.83. The smallest absolute Gasteiger partial charge is 0.116 e. The normalized spacial score (nSPS) is 11.8. The van der Waals surface area contributed by atoms with E-state index in [-0.39, 0.29) is 0 Å². The van der Waals surface area contributed by atoms with Crippen molar-refractivity contribution in [3.8, 4) is 0 Å². The molecular formula is C9H17NO. The van der Waals surface area contributed by atoms with Gasteiger partial charge in [0.15, 0.2) is 0 Å². The number of allylic oxidation sites excluding steroid dienone is 1. The second-order valence-electron chi connectivity index (χ2n) is 2.63. The highest BCUT2D eigenvalue weighted by atomic mass is 16.5. The zero-order valence-corrected chi connectivity index (χ0v) is 7.55. The molecule has 0 fully saturated rings. The molecule has 0 spiro atoms. The van der Waals surface area contributed by atoms with Crippen LogP contribution >= 0.6 is 0 Å². The van der Waals surface area contributed by atoms with E-state index >= 15 is 0 Å². The first-order valence-electron chi connectivity index (χ1n) is 3.87. The standard InChI is InChI=1S/C9H17NO/c1-5-11-8(4)9(6-10)7(2)3/h6-7H,4-5,10H2,1-3H3/b9-6+. The van der Waals surface area contributed by atoms with Crippen molar-refractivity contribution in [2.75, 3.05) is 6.61 Å². The number of rotatable bonds is 4. The van der Waals surface area contributed by atoms with Crippen molar-refractivity contribution in [1.82, 2.24) is 0 Å². The molecule has 2 N–H and O–H groups in total. The third-order valence-electron chi connectivity index (χ3n) is 1.44. The van der Waals surface area contributed by atoms with Crippen LogP contribution in [0.15, 0.2) is 24.1 Å². The Morgan fingerprint density at radius 3 is 2.45 bits per heavy atom. The van der Waals surface area contributed by atoms with Crippen LogP contribution in [-0.2, 0) is 4.74 Å². The zero-order chi connectivity index (χ0) is 8.85. The number of hydrogen-bond acceptors (Lipinski definition) is 2. The quantitative estimate of drug-likeness (QED) is 0.498. The van der Waals surface area contributed by atoms with Gasteiger partial charge in [0.05, 0.1) is 6.61 Å². The van der Waals surface area contributed by atoms with Crippen molar-refractivity contribution in [1.29, 1.82) is 0 Å². The van der Waals surface area contributed by atoms with Crippen LogP contribution in [-0.4, -0.2) is 6.61 Å². The molecule has 64 valence electrons. The monoisotopic (exact) mass is 155 g/mol. The lowest BCUT2D eigenvalue weighted by atomic mass is 10.0. The highest BCUT2D eigenvalue weighted by molar-refractivity contribution is 5.23. The summed E-state index contributed by atoms with van der Waals surface area (Å²) in [5.74, 6) is 1.06. The summed E-state index contributed by atoms with van der Waals surface area (Å²) >= 11 is 0. The maximum absolute atomic E-state index is 5.40. The van der Waals surface area contributed by atoms with E-state index in [1.807, 2.05) is 6.92 Å². The van der Waals surface area contributed by atoms with Gasteiger partial charge in [0.1, 0.15) is 5.76 Å². The molecule has 2 nitrogen and oxygen atoms in total. The lowest BCUT2D eigenvalue weighted by Gasteiger charge is -2.13.